The molecule has 0 amide bonds. The number of hydrogen-bond donors (Lipinski definition) is 1. The number of alkyl halides is 1. The topological polar surface area (TPSA) is 23.5 Å². The molecule has 1 fully saturated rings. The van der Waals surface area contributed by atoms with Gasteiger partial charge in [0, 0.05) is 13.1 Å². The number of likely N-dealkylation sites (tertiary alicyclic amines) is 1. The predicted molar refractivity (Wildman–Crippen MR) is 42.2 cm³/mol. The quantitative estimate of drug-likeness (QED) is 0.643. The van der Waals surface area contributed by atoms with Gasteiger partial charge in [0.1, 0.15) is 6.17 Å². The maximum Gasteiger partial charge on any atom is 0.115 e. The van der Waals surface area contributed by atoms with E-state index in [-0.39, 0.29) is 12.5 Å². The van der Waals surface area contributed by atoms with Crippen LogP contribution in [0.3, 0.4) is 0 Å². The van der Waals surface area contributed by atoms with Crippen molar-refractivity contribution in [2.45, 2.75) is 19.5 Å². The average molecular weight is 161 g/mol. The second-order valence-electron chi connectivity index (χ2n) is 3.31. The first-order chi connectivity index (χ1) is 5.24. The molecule has 1 saturated heterocycles. The highest BCUT2D eigenvalue weighted by Gasteiger charge is 2.24. The van der Waals surface area contributed by atoms with Crippen molar-refractivity contribution >= 4 is 0 Å². The highest BCUT2D eigenvalue weighted by molar-refractivity contribution is 4.77. The van der Waals surface area contributed by atoms with Crippen LogP contribution in [0.1, 0.15) is 13.3 Å². The predicted octanol–water partition coefficient (Wildman–Crippen LogP) is 0.659. The summed E-state index contributed by atoms with van der Waals surface area (Å²) < 4.78 is 13.0. The molecule has 1 aliphatic rings. The van der Waals surface area contributed by atoms with Crippen molar-refractivity contribution in [1.82, 2.24) is 4.90 Å². The molecule has 0 aromatic carbocycles. The van der Waals surface area contributed by atoms with Crippen molar-refractivity contribution in [2.75, 3.05) is 26.2 Å². The molecule has 2 unspecified atom stereocenters. The smallest absolute Gasteiger partial charge is 0.115 e. The lowest BCUT2D eigenvalue weighted by molar-refractivity contribution is 0.0796. The van der Waals surface area contributed by atoms with Gasteiger partial charge >= 0.3 is 0 Å². The highest BCUT2D eigenvalue weighted by atomic mass is 19.1. The number of aliphatic hydroxyl groups is 1. The Morgan fingerprint density at radius 1 is 1.64 bits per heavy atom. The van der Waals surface area contributed by atoms with Gasteiger partial charge in [-0.1, -0.05) is 6.92 Å². The Kier molecular flexibility index (Phi) is 3.27. The van der Waals surface area contributed by atoms with E-state index in [0.717, 1.165) is 13.0 Å². The van der Waals surface area contributed by atoms with Gasteiger partial charge in [0.15, 0.2) is 0 Å². The van der Waals surface area contributed by atoms with Gasteiger partial charge < -0.3 is 5.11 Å². The van der Waals surface area contributed by atoms with E-state index < -0.39 is 6.17 Å². The lowest BCUT2D eigenvalue weighted by Gasteiger charge is -2.32. The molecule has 0 aliphatic carbocycles. The third-order valence-corrected chi connectivity index (χ3v) is 2.37. The van der Waals surface area contributed by atoms with E-state index in [1.807, 2.05) is 11.8 Å². The van der Waals surface area contributed by atoms with Crippen LogP contribution >= 0.6 is 0 Å². The molecule has 2 nitrogen and oxygen atoms in total. The summed E-state index contributed by atoms with van der Waals surface area (Å²) in [6.45, 7) is 4.14. The molecule has 0 radical (unpaired) electrons. The maximum absolute atomic E-state index is 13.0. The van der Waals surface area contributed by atoms with Crippen molar-refractivity contribution in [1.29, 1.82) is 0 Å². The van der Waals surface area contributed by atoms with Crippen LogP contribution < -0.4 is 0 Å². The standard InChI is InChI=1S/C8H16FNO/c1-7-2-3-10(4-5-11)6-8(7)9/h7-8,11H,2-6H2,1H3. The van der Waals surface area contributed by atoms with Gasteiger partial charge in [-0.2, -0.15) is 0 Å². The lowest BCUT2D eigenvalue weighted by atomic mass is 9.97. The molecule has 0 aromatic heterocycles. The summed E-state index contributed by atoms with van der Waals surface area (Å²) in [4.78, 5) is 1.98. The Labute approximate surface area is 67.0 Å². The van der Waals surface area contributed by atoms with Crippen LogP contribution in [-0.2, 0) is 0 Å². The molecule has 1 N–H and O–H groups in total. The van der Waals surface area contributed by atoms with Gasteiger partial charge in [-0.3, -0.25) is 4.90 Å². The third-order valence-electron chi connectivity index (χ3n) is 2.37. The molecule has 3 heteroatoms. The number of piperidine rings is 1. The fourth-order valence-corrected chi connectivity index (χ4v) is 1.43. The van der Waals surface area contributed by atoms with Crippen molar-refractivity contribution < 1.29 is 9.50 Å². The summed E-state index contributed by atoms with van der Waals surface area (Å²) in [6, 6.07) is 0. The molecule has 0 bridgehead atoms. The number of aliphatic hydroxyl groups excluding tert-OH is 1. The number of β-amino-alcohol motifs (C(OH)–C–C–N with tert-alkyl or cyclic N) is 1. The fraction of sp³-hybridized carbons (Fsp3) is 1.00. The molecular formula is C8H16FNO. The second kappa shape index (κ2) is 4.02. The van der Waals surface area contributed by atoms with Gasteiger partial charge in [0.05, 0.1) is 6.61 Å². The van der Waals surface area contributed by atoms with Gasteiger partial charge in [-0.25, -0.2) is 4.39 Å². The van der Waals surface area contributed by atoms with Crippen LogP contribution in [0.15, 0.2) is 0 Å². The van der Waals surface area contributed by atoms with Gasteiger partial charge in [0.2, 0.25) is 0 Å². The van der Waals surface area contributed by atoms with Crippen molar-refractivity contribution in [3.8, 4) is 0 Å². The summed E-state index contributed by atoms with van der Waals surface area (Å²) in [6.07, 6.45) is 0.219. The zero-order chi connectivity index (χ0) is 8.27. The van der Waals surface area contributed by atoms with E-state index in [4.69, 9.17) is 5.11 Å². The molecule has 0 aromatic rings. The zero-order valence-corrected chi connectivity index (χ0v) is 6.96. The van der Waals surface area contributed by atoms with Crippen LogP contribution in [-0.4, -0.2) is 42.4 Å². The minimum Gasteiger partial charge on any atom is -0.395 e. The molecule has 1 rings (SSSR count). The van der Waals surface area contributed by atoms with Crippen molar-refractivity contribution in [2.24, 2.45) is 5.92 Å². The van der Waals surface area contributed by atoms with Crippen molar-refractivity contribution in [3.63, 3.8) is 0 Å². The van der Waals surface area contributed by atoms with Crippen LogP contribution in [0.25, 0.3) is 0 Å². The summed E-state index contributed by atoms with van der Waals surface area (Å²) in [5.74, 6) is 0.199. The zero-order valence-electron chi connectivity index (χ0n) is 6.96. The Bertz CT molecular complexity index is 121. The molecule has 1 aliphatic heterocycles. The monoisotopic (exact) mass is 161 g/mol. The second-order valence-corrected chi connectivity index (χ2v) is 3.31. The first-order valence-electron chi connectivity index (χ1n) is 4.21. The Balaban J connectivity index is 2.28. The Hall–Kier alpha value is -0.150. The van der Waals surface area contributed by atoms with Crippen LogP contribution in [0.4, 0.5) is 4.39 Å². The van der Waals surface area contributed by atoms with Crippen molar-refractivity contribution in [3.05, 3.63) is 0 Å². The highest BCUT2D eigenvalue weighted by Crippen LogP contribution is 2.18. The summed E-state index contributed by atoms with van der Waals surface area (Å²) in [5, 5.41) is 8.61. The first kappa shape index (κ1) is 8.94. The number of rotatable bonds is 2. The fourth-order valence-electron chi connectivity index (χ4n) is 1.43. The number of nitrogens with zero attached hydrogens (tertiary/aromatic N) is 1. The molecule has 0 saturated carbocycles. The maximum atomic E-state index is 13.0. The Morgan fingerprint density at radius 3 is 2.91 bits per heavy atom. The molecule has 2 atom stereocenters. The summed E-state index contributed by atoms with van der Waals surface area (Å²) in [7, 11) is 0. The largest absolute Gasteiger partial charge is 0.395 e. The van der Waals surface area contributed by atoms with Crippen LogP contribution in [0.5, 0.6) is 0 Å². The Morgan fingerprint density at radius 2 is 2.36 bits per heavy atom. The summed E-state index contributed by atoms with van der Waals surface area (Å²) >= 11 is 0. The van der Waals surface area contributed by atoms with Crippen LogP contribution in [0.2, 0.25) is 0 Å². The minimum absolute atomic E-state index is 0.140. The molecule has 1 heterocycles. The molecule has 66 valence electrons. The van der Waals surface area contributed by atoms with E-state index in [9.17, 15) is 4.39 Å². The summed E-state index contributed by atoms with van der Waals surface area (Å²) in [5.41, 5.74) is 0. The minimum atomic E-state index is -0.699. The van der Waals surface area contributed by atoms with E-state index in [2.05, 4.69) is 0 Å². The average Bonchev–Trinajstić information content (AvgIpc) is 1.98. The van der Waals surface area contributed by atoms with Crippen LogP contribution in [0, 0.1) is 5.92 Å². The number of hydrogen-bond acceptors (Lipinski definition) is 2. The normalized spacial score (nSPS) is 34.1. The third kappa shape index (κ3) is 2.42. The molecular weight excluding hydrogens is 145 g/mol. The van der Waals surface area contributed by atoms with Gasteiger partial charge in [0.25, 0.3) is 0 Å². The van der Waals surface area contributed by atoms with E-state index in [1.165, 1.54) is 0 Å². The molecule has 11 heavy (non-hydrogen) atoms. The van der Waals surface area contributed by atoms with E-state index in [0.29, 0.717) is 13.1 Å². The van der Waals surface area contributed by atoms with Gasteiger partial charge in [-0.05, 0) is 18.9 Å². The lowest BCUT2D eigenvalue weighted by Crippen LogP contribution is -2.41. The first-order valence-corrected chi connectivity index (χ1v) is 4.21. The van der Waals surface area contributed by atoms with Gasteiger partial charge in [-0.15, -0.1) is 0 Å². The van der Waals surface area contributed by atoms with E-state index >= 15 is 0 Å². The molecule has 0 spiro atoms. The van der Waals surface area contributed by atoms with E-state index in [1.54, 1.807) is 0 Å². The number of halogens is 1. The SMILES string of the molecule is CC1CCN(CCO)CC1F.